The van der Waals surface area contributed by atoms with Crippen LogP contribution in [0.4, 0.5) is 17.5 Å². The van der Waals surface area contributed by atoms with E-state index in [1.807, 2.05) is 56.3 Å². The number of nitrogens with one attached hydrogen (secondary N) is 1. The van der Waals surface area contributed by atoms with Crippen LogP contribution in [0.3, 0.4) is 0 Å². The summed E-state index contributed by atoms with van der Waals surface area (Å²) >= 11 is 0. The number of Topliss-reactive ketones (excluding diaryl/α,β-unsaturated/α-hetero) is 1. The number of piperazine rings is 1. The first-order valence-corrected chi connectivity index (χ1v) is 9.70. The summed E-state index contributed by atoms with van der Waals surface area (Å²) in [5.41, 5.74) is 2.85. The van der Waals surface area contributed by atoms with Crippen LogP contribution < -0.4 is 10.2 Å². The number of hydrogen-bond acceptors (Lipinski definition) is 7. The van der Waals surface area contributed by atoms with E-state index in [4.69, 9.17) is 0 Å². The zero-order valence-electron chi connectivity index (χ0n) is 17.3. The van der Waals surface area contributed by atoms with E-state index in [0.29, 0.717) is 18.9 Å². The van der Waals surface area contributed by atoms with Gasteiger partial charge in [-0.25, -0.2) is 4.98 Å². The summed E-state index contributed by atoms with van der Waals surface area (Å²) in [6.07, 6.45) is 0.471. The Kier molecular flexibility index (Phi) is 6.59. The monoisotopic (exact) mass is 382 g/mol. The van der Waals surface area contributed by atoms with Gasteiger partial charge in [0.15, 0.2) is 5.78 Å². The summed E-state index contributed by atoms with van der Waals surface area (Å²) < 4.78 is 0. The molecular weight excluding hydrogens is 352 g/mol. The molecule has 3 rings (SSSR count). The Bertz CT molecular complexity index is 797. The molecule has 0 saturated carbocycles. The second kappa shape index (κ2) is 9.12. The van der Waals surface area contributed by atoms with Crippen molar-refractivity contribution in [1.82, 2.24) is 19.8 Å². The number of nitrogens with zero attached hydrogens (tertiary/aromatic N) is 5. The average Bonchev–Trinajstić information content (AvgIpc) is 2.65. The van der Waals surface area contributed by atoms with Crippen molar-refractivity contribution in [3.05, 3.63) is 41.6 Å². The van der Waals surface area contributed by atoms with Gasteiger partial charge in [0.1, 0.15) is 5.82 Å². The van der Waals surface area contributed by atoms with Crippen molar-refractivity contribution in [2.75, 3.05) is 64.1 Å². The zero-order chi connectivity index (χ0) is 20.1. The highest BCUT2D eigenvalue weighted by Gasteiger charge is 2.16. The maximum atomic E-state index is 12.4. The van der Waals surface area contributed by atoms with Crippen LogP contribution in [0.1, 0.15) is 11.3 Å². The lowest BCUT2D eigenvalue weighted by molar-refractivity contribution is -0.119. The maximum absolute atomic E-state index is 12.4. The third-order valence-corrected chi connectivity index (χ3v) is 4.91. The first kappa shape index (κ1) is 20.2. The number of likely N-dealkylation sites (N-methyl/N-ethyl adjacent to an activating group) is 1. The summed E-state index contributed by atoms with van der Waals surface area (Å²) in [5, 5.41) is 3.24. The molecule has 1 aromatic heterocycles. The van der Waals surface area contributed by atoms with Crippen molar-refractivity contribution < 1.29 is 4.79 Å². The minimum absolute atomic E-state index is 0.267. The molecule has 0 bridgehead atoms. The molecule has 1 saturated heterocycles. The number of aryl methyl sites for hydroxylation is 1. The fourth-order valence-electron chi connectivity index (χ4n) is 3.21. The lowest BCUT2D eigenvalue weighted by Gasteiger charge is -2.31. The molecule has 150 valence electrons. The standard InChI is InChI=1S/C21H30N6O/c1-16-13-20(25(2)3)24-21(22-16)23-18-7-5-17(6-8-18)14-19(28)15-27-11-9-26(4)10-12-27/h5-8,13H,9-12,14-15H2,1-4H3,(H,22,23,24). The predicted molar refractivity (Wildman–Crippen MR) is 113 cm³/mol. The van der Waals surface area contributed by atoms with Crippen molar-refractivity contribution in [3.63, 3.8) is 0 Å². The van der Waals surface area contributed by atoms with Gasteiger partial charge in [0, 0.05) is 64.1 Å². The van der Waals surface area contributed by atoms with E-state index < -0.39 is 0 Å². The normalized spacial score (nSPS) is 15.4. The van der Waals surface area contributed by atoms with Gasteiger partial charge in [0.05, 0.1) is 6.54 Å². The van der Waals surface area contributed by atoms with Gasteiger partial charge in [-0.2, -0.15) is 4.98 Å². The Morgan fingerprint density at radius 3 is 2.43 bits per heavy atom. The number of anilines is 3. The van der Waals surface area contributed by atoms with Crippen LogP contribution in [0.25, 0.3) is 0 Å². The van der Waals surface area contributed by atoms with Crippen LogP contribution in [-0.4, -0.2) is 79.4 Å². The van der Waals surface area contributed by atoms with Gasteiger partial charge in [-0.05, 0) is 31.7 Å². The van der Waals surface area contributed by atoms with Gasteiger partial charge in [-0.3, -0.25) is 9.69 Å². The van der Waals surface area contributed by atoms with Gasteiger partial charge >= 0.3 is 0 Å². The van der Waals surface area contributed by atoms with Crippen LogP contribution in [0.15, 0.2) is 30.3 Å². The number of hydrogen-bond donors (Lipinski definition) is 1. The molecule has 2 heterocycles. The van der Waals surface area contributed by atoms with E-state index >= 15 is 0 Å². The molecule has 1 aliphatic heterocycles. The molecule has 1 fully saturated rings. The predicted octanol–water partition coefficient (Wildman–Crippen LogP) is 1.95. The molecule has 0 spiro atoms. The molecule has 0 aliphatic carbocycles. The molecular formula is C21H30N6O. The van der Waals surface area contributed by atoms with E-state index in [2.05, 4.69) is 32.1 Å². The van der Waals surface area contributed by atoms with Crippen LogP contribution in [0.2, 0.25) is 0 Å². The molecule has 0 unspecified atom stereocenters. The molecule has 2 aromatic rings. The molecule has 0 amide bonds. The largest absolute Gasteiger partial charge is 0.363 e. The van der Waals surface area contributed by atoms with Crippen LogP contribution in [0.5, 0.6) is 0 Å². The fourth-order valence-corrected chi connectivity index (χ4v) is 3.21. The minimum atomic E-state index is 0.267. The van der Waals surface area contributed by atoms with Gasteiger partial charge in [0.2, 0.25) is 5.95 Å². The average molecular weight is 383 g/mol. The third-order valence-electron chi connectivity index (χ3n) is 4.91. The van der Waals surface area contributed by atoms with Gasteiger partial charge < -0.3 is 15.1 Å². The number of rotatable bonds is 7. The Balaban J connectivity index is 1.55. The Morgan fingerprint density at radius 1 is 1.11 bits per heavy atom. The van der Waals surface area contributed by atoms with Crippen LogP contribution in [0, 0.1) is 6.92 Å². The number of ketones is 1. The highest BCUT2D eigenvalue weighted by molar-refractivity contribution is 5.83. The summed E-state index contributed by atoms with van der Waals surface area (Å²) in [5.74, 6) is 1.70. The number of carbonyl (C=O) groups excluding carboxylic acids is 1. The van der Waals surface area contributed by atoms with Crippen LogP contribution >= 0.6 is 0 Å². The van der Waals surface area contributed by atoms with E-state index in [-0.39, 0.29) is 5.78 Å². The lowest BCUT2D eigenvalue weighted by Crippen LogP contribution is -2.46. The Hall–Kier alpha value is -2.51. The fraction of sp³-hybridized carbons (Fsp3) is 0.476. The maximum Gasteiger partial charge on any atom is 0.229 e. The quantitative estimate of drug-likeness (QED) is 0.785. The molecule has 7 nitrogen and oxygen atoms in total. The van der Waals surface area contributed by atoms with Crippen LogP contribution in [-0.2, 0) is 11.2 Å². The van der Waals surface area contributed by atoms with E-state index in [1.54, 1.807) is 0 Å². The topological polar surface area (TPSA) is 64.6 Å². The molecule has 0 radical (unpaired) electrons. The van der Waals surface area contributed by atoms with Crippen molar-refractivity contribution in [3.8, 4) is 0 Å². The van der Waals surface area contributed by atoms with Crippen molar-refractivity contribution in [1.29, 1.82) is 0 Å². The summed E-state index contributed by atoms with van der Waals surface area (Å²) in [4.78, 5) is 27.8. The summed E-state index contributed by atoms with van der Waals surface area (Å²) in [6.45, 7) is 6.49. The smallest absolute Gasteiger partial charge is 0.229 e. The Morgan fingerprint density at radius 2 is 1.79 bits per heavy atom. The molecule has 1 N–H and O–H groups in total. The van der Waals surface area contributed by atoms with Crippen molar-refractivity contribution in [2.24, 2.45) is 0 Å². The first-order valence-electron chi connectivity index (χ1n) is 9.70. The SMILES string of the molecule is Cc1cc(N(C)C)nc(Nc2ccc(CC(=O)CN3CCN(C)CC3)cc2)n1. The van der Waals surface area contributed by atoms with E-state index in [9.17, 15) is 4.79 Å². The number of carbonyl (C=O) groups is 1. The van der Waals surface area contributed by atoms with E-state index in [0.717, 1.165) is 48.9 Å². The molecule has 0 atom stereocenters. The van der Waals surface area contributed by atoms with E-state index in [1.165, 1.54) is 0 Å². The molecule has 7 heteroatoms. The third kappa shape index (κ3) is 5.74. The Labute approximate surface area is 167 Å². The summed E-state index contributed by atoms with van der Waals surface area (Å²) in [7, 11) is 6.04. The van der Waals surface area contributed by atoms with Crippen molar-refractivity contribution in [2.45, 2.75) is 13.3 Å². The summed E-state index contributed by atoms with van der Waals surface area (Å²) in [6, 6.07) is 9.87. The second-order valence-corrected chi connectivity index (χ2v) is 7.70. The van der Waals surface area contributed by atoms with Gasteiger partial charge in [0.25, 0.3) is 0 Å². The lowest BCUT2D eigenvalue weighted by atomic mass is 10.1. The molecule has 28 heavy (non-hydrogen) atoms. The number of aromatic nitrogens is 2. The second-order valence-electron chi connectivity index (χ2n) is 7.70. The first-order chi connectivity index (χ1) is 13.4. The van der Waals surface area contributed by atoms with Gasteiger partial charge in [-0.1, -0.05) is 12.1 Å². The molecule has 1 aromatic carbocycles. The van der Waals surface area contributed by atoms with Crippen molar-refractivity contribution >= 4 is 23.2 Å². The zero-order valence-corrected chi connectivity index (χ0v) is 17.3. The highest BCUT2D eigenvalue weighted by Crippen LogP contribution is 2.18. The minimum Gasteiger partial charge on any atom is -0.363 e. The highest BCUT2D eigenvalue weighted by atomic mass is 16.1. The molecule has 1 aliphatic rings. The van der Waals surface area contributed by atoms with Gasteiger partial charge in [-0.15, -0.1) is 0 Å². The number of benzene rings is 1.